The molecule has 0 radical (unpaired) electrons. The Morgan fingerprint density at radius 3 is 2.96 bits per heavy atom. The van der Waals surface area contributed by atoms with Crippen molar-refractivity contribution in [1.82, 2.24) is 14.9 Å². The van der Waals surface area contributed by atoms with E-state index >= 15 is 0 Å². The zero-order valence-electron chi connectivity index (χ0n) is 13.3. The average molecular weight is 311 g/mol. The first-order valence-electron chi connectivity index (χ1n) is 7.96. The molecule has 5 nitrogen and oxygen atoms in total. The lowest BCUT2D eigenvalue weighted by atomic mass is 9.98. The maximum Gasteiger partial charge on any atom is 0.257 e. The van der Waals surface area contributed by atoms with Crippen molar-refractivity contribution in [3.05, 3.63) is 54.1 Å². The zero-order valence-corrected chi connectivity index (χ0v) is 13.3. The molecule has 23 heavy (non-hydrogen) atoms. The maximum atomic E-state index is 12.5. The van der Waals surface area contributed by atoms with Crippen molar-refractivity contribution in [2.24, 2.45) is 5.92 Å². The van der Waals surface area contributed by atoms with Gasteiger partial charge in [-0.05, 0) is 37.5 Å². The summed E-state index contributed by atoms with van der Waals surface area (Å²) in [4.78, 5) is 22.2. The number of carbonyl (C=O) groups excluding carboxylic acids is 1. The minimum Gasteiger partial charge on any atom is -0.493 e. The molecule has 1 amide bonds. The Balaban J connectivity index is 1.57. The molecule has 0 bridgehead atoms. The molecule has 1 fully saturated rings. The van der Waals surface area contributed by atoms with E-state index in [2.05, 4.69) is 23.0 Å². The Morgan fingerprint density at radius 1 is 1.35 bits per heavy atom. The summed E-state index contributed by atoms with van der Waals surface area (Å²) in [7, 11) is 0. The highest BCUT2D eigenvalue weighted by Gasteiger charge is 2.25. The number of nitrogens with zero attached hydrogens (tertiary/aromatic N) is 3. The van der Waals surface area contributed by atoms with E-state index in [-0.39, 0.29) is 5.91 Å². The van der Waals surface area contributed by atoms with Crippen molar-refractivity contribution in [2.75, 3.05) is 19.7 Å². The second-order valence-corrected chi connectivity index (χ2v) is 6.01. The molecule has 0 N–H and O–H groups in total. The predicted octanol–water partition coefficient (Wildman–Crippen LogP) is 2.72. The van der Waals surface area contributed by atoms with Crippen LogP contribution in [0.2, 0.25) is 0 Å². The fraction of sp³-hybridized carbons (Fsp3) is 0.389. The van der Waals surface area contributed by atoms with E-state index in [1.165, 1.54) is 11.9 Å². The fourth-order valence-electron chi connectivity index (χ4n) is 2.90. The number of aryl methyl sites for hydroxylation is 1. The van der Waals surface area contributed by atoms with Crippen LogP contribution in [0.5, 0.6) is 5.75 Å². The van der Waals surface area contributed by atoms with Gasteiger partial charge in [0, 0.05) is 31.4 Å². The van der Waals surface area contributed by atoms with Gasteiger partial charge in [-0.25, -0.2) is 9.97 Å². The van der Waals surface area contributed by atoms with E-state index in [1.54, 1.807) is 12.4 Å². The standard InChI is InChI=1S/C18H21N3O2/c1-14-4-2-6-17(8-14)23-12-15-5-3-7-21(11-15)18(22)16-9-19-13-20-10-16/h2,4,6,8-10,13,15H,3,5,7,11-12H2,1H3. The summed E-state index contributed by atoms with van der Waals surface area (Å²) < 4.78 is 5.90. The van der Waals surface area contributed by atoms with Crippen LogP contribution in [0.4, 0.5) is 0 Å². The number of carbonyl (C=O) groups is 1. The molecule has 0 spiro atoms. The molecule has 3 rings (SSSR count). The van der Waals surface area contributed by atoms with Gasteiger partial charge in [-0.2, -0.15) is 0 Å². The molecular weight excluding hydrogens is 290 g/mol. The van der Waals surface area contributed by atoms with Gasteiger partial charge in [-0.1, -0.05) is 12.1 Å². The Labute approximate surface area is 136 Å². The molecular formula is C18H21N3O2. The minimum absolute atomic E-state index is 0.00542. The van der Waals surface area contributed by atoms with Crippen LogP contribution in [0.25, 0.3) is 0 Å². The number of aromatic nitrogens is 2. The fourth-order valence-corrected chi connectivity index (χ4v) is 2.90. The van der Waals surface area contributed by atoms with Crippen LogP contribution in [0.3, 0.4) is 0 Å². The topological polar surface area (TPSA) is 55.3 Å². The van der Waals surface area contributed by atoms with Crippen molar-refractivity contribution in [1.29, 1.82) is 0 Å². The second kappa shape index (κ2) is 7.22. The summed E-state index contributed by atoms with van der Waals surface area (Å²) in [5, 5.41) is 0. The molecule has 1 aromatic carbocycles. The summed E-state index contributed by atoms with van der Waals surface area (Å²) >= 11 is 0. The molecule has 1 aliphatic heterocycles. The Bertz CT molecular complexity index is 660. The van der Waals surface area contributed by atoms with E-state index in [9.17, 15) is 4.79 Å². The first kappa shape index (κ1) is 15.5. The first-order chi connectivity index (χ1) is 11.2. The van der Waals surface area contributed by atoms with E-state index in [1.807, 2.05) is 23.1 Å². The van der Waals surface area contributed by atoms with Crippen LogP contribution in [0.1, 0.15) is 28.8 Å². The van der Waals surface area contributed by atoms with E-state index in [0.29, 0.717) is 18.1 Å². The normalized spacial score (nSPS) is 17.8. The Kier molecular flexibility index (Phi) is 4.86. The lowest BCUT2D eigenvalue weighted by Gasteiger charge is -2.32. The Morgan fingerprint density at radius 2 is 2.17 bits per heavy atom. The highest BCUT2D eigenvalue weighted by molar-refractivity contribution is 5.93. The highest BCUT2D eigenvalue weighted by Crippen LogP contribution is 2.20. The van der Waals surface area contributed by atoms with Gasteiger partial charge >= 0.3 is 0 Å². The van der Waals surface area contributed by atoms with Gasteiger partial charge in [0.15, 0.2) is 0 Å². The lowest BCUT2D eigenvalue weighted by molar-refractivity contribution is 0.0632. The number of likely N-dealkylation sites (tertiary alicyclic amines) is 1. The highest BCUT2D eigenvalue weighted by atomic mass is 16.5. The molecule has 0 aliphatic carbocycles. The summed E-state index contributed by atoms with van der Waals surface area (Å²) in [6.45, 7) is 4.20. The van der Waals surface area contributed by atoms with Crippen LogP contribution in [0, 0.1) is 12.8 Å². The number of amides is 1. The van der Waals surface area contributed by atoms with Gasteiger partial charge in [-0.3, -0.25) is 4.79 Å². The molecule has 1 aliphatic rings. The van der Waals surface area contributed by atoms with Crippen molar-refractivity contribution < 1.29 is 9.53 Å². The summed E-state index contributed by atoms with van der Waals surface area (Å²) in [5.74, 6) is 1.26. The predicted molar refractivity (Wildman–Crippen MR) is 87.3 cm³/mol. The Hall–Kier alpha value is -2.43. The van der Waals surface area contributed by atoms with Gasteiger partial charge in [0.25, 0.3) is 5.91 Å². The van der Waals surface area contributed by atoms with Crippen LogP contribution >= 0.6 is 0 Å². The molecule has 0 saturated carbocycles. The van der Waals surface area contributed by atoms with Gasteiger partial charge < -0.3 is 9.64 Å². The molecule has 1 atom stereocenters. The van der Waals surface area contributed by atoms with Crippen LogP contribution < -0.4 is 4.74 Å². The van der Waals surface area contributed by atoms with E-state index in [0.717, 1.165) is 31.7 Å². The zero-order chi connectivity index (χ0) is 16.1. The van der Waals surface area contributed by atoms with E-state index < -0.39 is 0 Å². The smallest absolute Gasteiger partial charge is 0.257 e. The van der Waals surface area contributed by atoms with Gasteiger partial charge in [0.1, 0.15) is 12.1 Å². The molecule has 1 unspecified atom stereocenters. The summed E-state index contributed by atoms with van der Waals surface area (Å²) in [6.07, 6.45) is 6.66. The molecule has 2 aromatic rings. The minimum atomic E-state index is 0.00542. The summed E-state index contributed by atoms with van der Waals surface area (Å²) in [5.41, 5.74) is 1.74. The van der Waals surface area contributed by atoms with Crippen LogP contribution in [0.15, 0.2) is 43.0 Å². The number of rotatable bonds is 4. The third-order valence-electron chi connectivity index (χ3n) is 4.09. The number of piperidine rings is 1. The molecule has 5 heteroatoms. The second-order valence-electron chi connectivity index (χ2n) is 6.01. The van der Waals surface area contributed by atoms with Crippen molar-refractivity contribution in [2.45, 2.75) is 19.8 Å². The van der Waals surface area contributed by atoms with Crippen molar-refractivity contribution in [3.8, 4) is 5.75 Å². The summed E-state index contributed by atoms with van der Waals surface area (Å²) in [6, 6.07) is 8.06. The van der Waals surface area contributed by atoms with Crippen molar-refractivity contribution >= 4 is 5.91 Å². The molecule has 120 valence electrons. The largest absolute Gasteiger partial charge is 0.493 e. The first-order valence-corrected chi connectivity index (χ1v) is 7.96. The quantitative estimate of drug-likeness (QED) is 0.871. The number of benzene rings is 1. The number of hydrogen-bond acceptors (Lipinski definition) is 4. The average Bonchev–Trinajstić information content (AvgIpc) is 2.60. The number of ether oxygens (including phenoxy) is 1. The van der Waals surface area contributed by atoms with Crippen LogP contribution in [-0.4, -0.2) is 40.5 Å². The SMILES string of the molecule is Cc1cccc(OCC2CCCN(C(=O)c3cncnc3)C2)c1. The van der Waals surface area contributed by atoms with Crippen molar-refractivity contribution in [3.63, 3.8) is 0 Å². The van der Waals surface area contributed by atoms with Gasteiger partial charge in [-0.15, -0.1) is 0 Å². The maximum absolute atomic E-state index is 12.5. The third kappa shape index (κ3) is 4.06. The number of hydrogen-bond donors (Lipinski definition) is 0. The van der Waals surface area contributed by atoms with Crippen LogP contribution in [-0.2, 0) is 0 Å². The molecule has 1 saturated heterocycles. The van der Waals surface area contributed by atoms with Gasteiger partial charge in [0.2, 0.25) is 0 Å². The van der Waals surface area contributed by atoms with E-state index in [4.69, 9.17) is 4.74 Å². The van der Waals surface area contributed by atoms with Gasteiger partial charge in [0.05, 0.1) is 12.2 Å². The monoisotopic (exact) mass is 311 g/mol. The third-order valence-corrected chi connectivity index (χ3v) is 4.09. The molecule has 1 aromatic heterocycles. The lowest BCUT2D eigenvalue weighted by Crippen LogP contribution is -2.41. The molecule has 2 heterocycles.